The molecular formula is C17H20N2O2. The normalized spacial score (nSPS) is 11.8. The van der Waals surface area contributed by atoms with Crippen molar-refractivity contribution in [3.05, 3.63) is 59.2 Å². The molecule has 0 heterocycles. The van der Waals surface area contributed by atoms with Gasteiger partial charge in [-0.25, -0.2) is 0 Å². The first-order valence-electron chi connectivity index (χ1n) is 6.89. The number of carbonyl (C=O) groups excluding carboxylic acids is 1. The highest BCUT2D eigenvalue weighted by Crippen LogP contribution is 2.27. The SMILES string of the molecule is CNC(=O)c1ccc(NC(C)c2ccc(C)cc2O)cc1. The molecule has 3 N–H and O–H groups in total. The van der Waals surface area contributed by atoms with E-state index in [2.05, 4.69) is 10.6 Å². The average molecular weight is 284 g/mol. The van der Waals surface area contributed by atoms with E-state index in [4.69, 9.17) is 0 Å². The molecule has 1 unspecified atom stereocenters. The van der Waals surface area contributed by atoms with Gasteiger partial charge in [0.05, 0.1) is 6.04 Å². The number of anilines is 1. The van der Waals surface area contributed by atoms with E-state index in [1.165, 1.54) is 0 Å². The zero-order chi connectivity index (χ0) is 15.4. The molecule has 4 nitrogen and oxygen atoms in total. The smallest absolute Gasteiger partial charge is 0.251 e. The van der Waals surface area contributed by atoms with Crippen LogP contribution in [0.2, 0.25) is 0 Å². The molecule has 0 aliphatic rings. The zero-order valence-corrected chi connectivity index (χ0v) is 12.5. The number of carbonyl (C=O) groups is 1. The number of phenols is 1. The van der Waals surface area contributed by atoms with Gasteiger partial charge in [0.1, 0.15) is 5.75 Å². The van der Waals surface area contributed by atoms with Crippen molar-refractivity contribution in [3.8, 4) is 5.75 Å². The van der Waals surface area contributed by atoms with Crippen molar-refractivity contribution in [1.29, 1.82) is 0 Å². The first-order valence-corrected chi connectivity index (χ1v) is 6.89. The molecule has 110 valence electrons. The molecule has 4 heteroatoms. The molecule has 0 aromatic heterocycles. The number of hydrogen-bond acceptors (Lipinski definition) is 3. The Labute approximate surface area is 124 Å². The molecule has 21 heavy (non-hydrogen) atoms. The lowest BCUT2D eigenvalue weighted by Crippen LogP contribution is -2.17. The van der Waals surface area contributed by atoms with Gasteiger partial charge < -0.3 is 15.7 Å². The Morgan fingerprint density at radius 3 is 2.38 bits per heavy atom. The second kappa shape index (κ2) is 6.31. The van der Waals surface area contributed by atoms with Crippen molar-refractivity contribution in [3.63, 3.8) is 0 Å². The summed E-state index contributed by atoms with van der Waals surface area (Å²) in [6, 6.07) is 12.9. The van der Waals surface area contributed by atoms with Gasteiger partial charge in [-0.1, -0.05) is 12.1 Å². The third-order valence-corrected chi connectivity index (χ3v) is 3.41. The van der Waals surface area contributed by atoms with Crippen molar-refractivity contribution in [1.82, 2.24) is 5.32 Å². The first kappa shape index (κ1) is 14.9. The van der Waals surface area contributed by atoms with E-state index < -0.39 is 0 Å². The van der Waals surface area contributed by atoms with E-state index in [9.17, 15) is 9.90 Å². The standard InChI is InChI=1S/C17H20N2O2/c1-11-4-9-15(16(20)10-11)12(2)19-14-7-5-13(6-8-14)17(21)18-3/h4-10,12,19-20H,1-3H3,(H,18,21). The summed E-state index contributed by atoms with van der Waals surface area (Å²) in [5, 5.41) is 15.9. The Hall–Kier alpha value is -2.49. The van der Waals surface area contributed by atoms with Crippen LogP contribution in [0.5, 0.6) is 5.75 Å². The molecule has 2 aromatic rings. The summed E-state index contributed by atoms with van der Waals surface area (Å²) in [4.78, 5) is 11.5. The Morgan fingerprint density at radius 1 is 1.14 bits per heavy atom. The molecule has 0 bridgehead atoms. The van der Waals surface area contributed by atoms with Gasteiger partial charge >= 0.3 is 0 Å². The predicted octanol–water partition coefficient (Wildman–Crippen LogP) is 3.23. The van der Waals surface area contributed by atoms with Gasteiger partial charge in [0.15, 0.2) is 0 Å². The third-order valence-electron chi connectivity index (χ3n) is 3.41. The number of amides is 1. The van der Waals surface area contributed by atoms with Crippen molar-refractivity contribution >= 4 is 11.6 Å². The Kier molecular flexibility index (Phi) is 4.48. The van der Waals surface area contributed by atoms with E-state index in [-0.39, 0.29) is 17.7 Å². The summed E-state index contributed by atoms with van der Waals surface area (Å²) in [6.45, 7) is 3.93. The molecule has 0 aliphatic heterocycles. The topological polar surface area (TPSA) is 61.4 Å². The molecular weight excluding hydrogens is 264 g/mol. The molecule has 1 atom stereocenters. The highest BCUT2D eigenvalue weighted by molar-refractivity contribution is 5.94. The van der Waals surface area contributed by atoms with Crippen LogP contribution in [0, 0.1) is 6.92 Å². The van der Waals surface area contributed by atoms with Gasteiger partial charge in [0, 0.05) is 23.9 Å². The van der Waals surface area contributed by atoms with Crippen LogP contribution in [0.15, 0.2) is 42.5 Å². The summed E-state index contributed by atoms with van der Waals surface area (Å²) in [7, 11) is 1.61. The summed E-state index contributed by atoms with van der Waals surface area (Å²) < 4.78 is 0. The van der Waals surface area contributed by atoms with E-state index >= 15 is 0 Å². The Bertz CT molecular complexity index is 636. The monoisotopic (exact) mass is 284 g/mol. The quantitative estimate of drug-likeness (QED) is 0.807. The zero-order valence-electron chi connectivity index (χ0n) is 12.5. The summed E-state index contributed by atoms with van der Waals surface area (Å²) in [5.41, 5.74) is 3.39. The number of aromatic hydroxyl groups is 1. The Morgan fingerprint density at radius 2 is 1.81 bits per heavy atom. The molecule has 0 aliphatic carbocycles. The maximum absolute atomic E-state index is 11.5. The minimum absolute atomic E-state index is 0.0311. The number of rotatable bonds is 4. The second-order valence-corrected chi connectivity index (χ2v) is 5.08. The molecule has 0 spiro atoms. The largest absolute Gasteiger partial charge is 0.508 e. The number of aryl methyl sites for hydroxylation is 1. The molecule has 0 saturated heterocycles. The maximum atomic E-state index is 11.5. The fourth-order valence-electron chi connectivity index (χ4n) is 2.21. The van der Waals surface area contributed by atoms with Gasteiger partial charge in [-0.15, -0.1) is 0 Å². The van der Waals surface area contributed by atoms with Crippen molar-refractivity contribution in [2.45, 2.75) is 19.9 Å². The van der Waals surface area contributed by atoms with Crippen LogP contribution >= 0.6 is 0 Å². The minimum atomic E-state index is -0.106. The van der Waals surface area contributed by atoms with Gasteiger partial charge in [-0.05, 0) is 49.7 Å². The van der Waals surface area contributed by atoms with E-state index in [1.54, 1.807) is 25.2 Å². The third kappa shape index (κ3) is 3.54. The number of benzene rings is 2. The van der Waals surface area contributed by atoms with Crippen molar-refractivity contribution in [2.75, 3.05) is 12.4 Å². The fourth-order valence-corrected chi connectivity index (χ4v) is 2.21. The van der Waals surface area contributed by atoms with Crippen LogP contribution in [-0.4, -0.2) is 18.1 Å². The lowest BCUT2D eigenvalue weighted by molar-refractivity contribution is 0.0963. The second-order valence-electron chi connectivity index (χ2n) is 5.08. The van der Waals surface area contributed by atoms with Crippen LogP contribution < -0.4 is 10.6 Å². The minimum Gasteiger partial charge on any atom is -0.508 e. The van der Waals surface area contributed by atoms with Crippen LogP contribution in [0.1, 0.15) is 34.5 Å². The Balaban J connectivity index is 2.12. The maximum Gasteiger partial charge on any atom is 0.251 e. The molecule has 0 saturated carbocycles. The summed E-state index contributed by atoms with van der Waals surface area (Å²) >= 11 is 0. The number of nitrogens with one attached hydrogen (secondary N) is 2. The summed E-state index contributed by atoms with van der Waals surface area (Å²) in [6.07, 6.45) is 0. The van der Waals surface area contributed by atoms with Gasteiger partial charge in [0.25, 0.3) is 5.91 Å². The predicted molar refractivity (Wildman–Crippen MR) is 84.7 cm³/mol. The number of phenolic OH excluding ortho intramolecular Hbond substituents is 1. The average Bonchev–Trinajstić information content (AvgIpc) is 2.47. The van der Waals surface area contributed by atoms with Crippen LogP contribution in [-0.2, 0) is 0 Å². The lowest BCUT2D eigenvalue weighted by Gasteiger charge is -2.17. The molecule has 1 amide bonds. The van der Waals surface area contributed by atoms with Gasteiger partial charge in [-0.2, -0.15) is 0 Å². The highest BCUT2D eigenvalue weighted by atomic mass is 16.3. The molecule has 0 radical (unpaired) electrons. The van der Waals surface area contributed by atoms with E-state index in [0.29, 0.717) is 5.56 Å². The van der Waals surface area contributed by atoms with Gasteiger partial charge in [0.2, 0.25) is 0 Å². The fraction of sp³-hybridized carbons (Fsp3) is 0.235. The molecule has 2 aromatic carbocycles. The molecule has 2 rings (SSSR count). The molecule has 0 fully saturated rings. The first-order chi connectivity index (χ1) is 10.0. The van der Waals surface area contributed by atoms with Crippen molar-refractivity contribution in [2.24, 2.45) is 0 Å². The van der Waals surface area contributed by atoms with Crippen LogP contribution in [0.3, 0.4) is 0 Å². The van der Waals surface area contributed by atoms with Crippen LogP contribution in [0.25, 0.3) is 0 Å². The van der Waals surface area contributed by atoms with Crippen molar-refractivity contribution < 1.29 is 9.90 Å². The number of hydrogen-bond donors (Lipinski definition) is 3. The summed E-state index contributed by atoms with van der Waals surface area (Å²) in [5.74, 6) is 0.183. The van der Waals surface area contributed by atoms with E-state index in [0.717, 1.165) is 16.8 Å². The highest BCUT2D eigenvalue weighted by Gasteiger charge is 2.10. The van der Waals surface area contributed by atoms with E-state index in [1.807, 2.05) is 38.1 Å². The van der Waals surface area contributed by atoms with Gasteiger partial charge in [-0.3, -0.25) is 4.79 Å². The van der Waals surface area contributed by atoms with Crippen LogP contribution in [0.4, 0.5) is 5.69 Å². The lowest BCUT2D eigenvalue weighted by atomic mass is 10.0.